The van der Waals surface area contributed by atoms with Crippen LogP contribution in [0.25, 0.3) is 0 Å². The molecule has 1 unspecified atom stereocenters. The molecule has 0 aliphatic rings. The molecule has 1 heterocycles. The first-order chi connectivity index (χ1) is 9.01. The first-order valence-electron chi connectivity index (χ1n) is 5.32. The molecule has 0 aliphatic carbocycles. The molecule has 1 aromatic heterocycles. The molecule has 0 fully saturated rings. The van der Waals surface area contributed by atoms with Crippen LogP contribution >= 0.6 is 38.9 Å². The van der Waals surface area contributed by atoms with Crippen LogP contribution in [0.4, 0.5) is 8.78 Å². The molecule has 1 aromatic carbocycles. The zero-order valence-corrected chi connectivity index (χ0v) is 13.0. The standard InChI is InChI=1S/C12H9BrClF2NOS/c1-6(12-17-8(4-14)5-19-12)18-10-3-7(13)2-9(15)11(10)16/h2-3,5-6H,4H2,1H3. The third kappa shape index (κ3) is 3.43. The van der Waals surface area contributed by atoms with Crippen molar-refractivity contribution in [3.05, 3.63) is 44.3 Å². The SMILES string of the molecule is CC(Oc1cc(Br)cc(F)c1F)c1nc(CCl)cs1. The van der Waals surface area contributed by atoms with Gasteiger partial charge < -0.3 is 4.74 Å². The van der Waals surface area contributed by atoms with Gasteiger partial charge in [0.05, 0.1) is 11.6 Å². The molecule has 0 saturated carbocycles. The topological polar surface area (TPSA) is 22.1 Å². The minimum Gasteiger partial charge on any atom is -0.480 e. The lowest BCUT2D eigenvalue weighted by Crippen LogP contribution is -2.05. The summed E-state index contributed by atoms with van der Waals surface area (Å²) in [6.07, 6.45) is -0.481. The van der Waals surface area contributed by atoms with E-state index in [-0.39, 0.29) is 5.75 Å². The zero-order chi connectivity index (χ0) is 14.0. The van der Waals surface area contributed by atoms with Crippen molar-refractivity contribution in [3.8, 4) is 5.75 Å². The van der Waals surface area contributed by atoms with E-state index in [1.165, 1.54) is 17.4 Å². The van der Waals surface area contributed by atoms with Gasteiger partial charge >= 0.3 is 0 Å². The molecular weight excluding hydrogens is 360 g/mol. The van der Waals surface area contributed by atoms with E-state index in [9.17, 15) is 8.78 Å². The fourth-order valence-corrected chi connectivity index (χ4v) is 2.87. The fourth-order valence-electron chi connectivity index (χ4n) is 1.43. The van der Waals surface area contributed by atoms with E-state index in [4.69, 9.17) is 16.3 Å². The number of aromatic nitrogens is 1. The lowest BCUT2D eigenvalue weighted by molar-refractivity contribution is 0.212. The molecule has 102 valence electrons. The van der Waals surface area contributed by atoms with Gasteiger partial charge in [-0.05, 0) is 19.1 Å². The number of halogens is 4. The molecule has 7 heteroatoms. The monoisotopic (exact) mass is 367 g/mol. The third-order valence-corrected chi connectivity index (χ3v) is 4.10. The summed E-state index contributed by atoms with van der Waals surface area (Å²) in [5, 5.41) is 2.47. The summed E-state index contributed by atoms with van der Waals surface area (Å²) in [4.78, 5) is 4.23. The summed E-state index contributed by atoms with van der Waals surface area (Å²) in [6, 6.07) is 2.42. The van der Waals surface area contributed by atoms with E-state index in [2.05, 4.69) is 20.9 Å². The van der Waals surface area contributed by atoms with E-state index in [1.807, 2.05) is 0 Å². The molecule has 0 amide bonds. The highest BCUT2D eigenvalue weighted by atomic mass is 79.9. The molecule has 2 rings (SSSR count). The van der Waals surface area contributed by atoms with E-state index in [1.54, 1.807) is 12.3 Å². The van der Waals surface area contributed by atoms with Gasteiger partial charge in [0.15, 0.2) is 11.6 Å². The Morgan fingerprint density at radius 2 is 2.21 bits per heavy atom. The molecule has 0 N–H and O–H groups in total. The summed E-state index contributed by atoms with van der Waals surface area (Å²) in [5.41, 5.74) is 0.734. The second-order valence-corrected chi connectivity index (χ2v) is 5.84. The Bertz CT molecular complexity index is 593. The normalized spacial score (nSPS) is 12.5. The van der Waals surface area contributed by atoms with Crippen molar-refractivity contribution in [1.29, 1.82) is 0 Å². The smallest absolute Gasteiger partial charge is 0.200 e. The third-order valence-electron chi connectivity index (χ3n) is 2.32. The number of hydrogen-bond donors (Lipinski definition) is 0. The zero-order valence-electron chi connectivity index (χ0n) is 9.79. The van der Waals surface area contributed by atoms with E-state index >= 15 is 0 Å². The van der Waals surface area contributed by atoms with Crippen LogP contribution < -0.4 is 4.74 Å². The predicted octanol–water partition coefficient (Wildman–Crippen LogP) is 5.06. The minimum absolute atomic E-state index is 0.151. The summed E-state index contributed by atoms with van der Waals surface area (Å²) in [5.74, 6) is -1.81. The first kappa shape index (κ1) is 14.7. The van der Waals surface area contributed by atoms with Gasteiger partial charge in [-0.2, -0.15) is 4.39 Å². The Kier molecular flexibility index (Phi) is 4.76. The van der Waals surface area contributed by atoms with E-state index < -0.39 is 17.7 Å². The van der Waals surface area contributed by atoms with Crippen molar-refractivity contribution in [3.63, 3.8) is 0 Å². The van der Waals surface area contributed by atoms with Gasteiger partial charge in [-0.25, -0.2) is 9.37 Å². The van der Waals surface area contributed by atoms with Crippen LogP contribution in [-0.2, 0) is 5.88 Å². The fraction of sp³-hybridized carbons (Fsp3) is 0.250. The van der Waals surface area contributed by atoms with Crippen LogP contribution in [-0.4, -0.2) is 4.98 Å². The second kappa shape index (κ2) is 6.15. The maximum Gasteiger partial charge on any atom is 0.200 e. The number of hydrogen-bond acceptors (Lipinski definition) is 3. The summed E-state index contributed by atoms with van der Waals surface area (Å²) < 4.78 is 32.6. The van der Waals surface area contributed by atoms with Gasteiger partial charge in [-0.1, -0.05) is 15.9 Å². The summed E-state index contributed by atoms with van der Waals surface area (Å²) >= 11 is 10.1. The molecule has 0 saturated heterocycles. The average molecular weight is 369 g/mol. The molecule has 0 radical (unpaired) electrons. The van der Waals surface area contributed by atoms with Gasteiger partial charge in [0.25, 0.3) is 0 Å². The largest absolute Gasteiger partial charge is 0.480 e. The Labute approximate surface area is 126 Å². The Morgan fingerprint density at radius 3 is 2.84 bits per heavy atom. The molecular formula is C12H9BrClF2NOS. The lowest BCUT2D eigenvalue weighted by Gasteiger charge is -2.13. The number of alkyl halides is 1. The van der Waals surface area contributed by atoms with Crippen molar-refractivity contribution in [2.24, 2.45) is 0 Å². The average Bonchev–Trinajstić information content (AvgIpc) is 2.84. The Hall–Kier alpha value is -0.720. The van der Waals surface area contributed by atoms with Crippen molar-refractivity contribution in [2.75, 3.05) is 0 Å². The molecule has 0 spiro atoms. The molecule has 2 aromatic rings. The van der Waals surface area contributed by atoms with Gasteiger partial charge in [-0.15, -0.1) is 22.9 Å². The van der Waals surface area contributed by atoms with Crippen LogP contribution in [0.2, 0.25) is 0 Å². The number of ether oxygens (including phenoxy) is 1. The van der Waals surface area contributed by atoms with Crippen molar-refractivity contribution < 1.29 is 13.5 Å². The molecule has 2 nitrogen and oxygen atoms in total. The maximum absolute atomic E-state index is 13.6. The summed E-state index contributed by atoms with van der Waals surface area (Å²) in [6.45, 7) is 1.72. The molecule has 1 atom stereocenters. The van der Waals surface area contributed by atoms with Crippen molar-refractivity contribution in [1.82, 2.24) is 4.98 Å². The first-order valence-corrected chi connectivity index (χ1v) is 7.53. The lowest BCUT2D eigenvalue weighted by atomic mass is 10.3. The maximum atomic E-state index is 13.6. The Balaban J connectivity index is 2.21. The summed E-state index contributed by atoms with van der Waals surface area (Å²) in [7, 11) is 0. The number of benzene rings is 1. The highest BCUT2D eigenvalue weighted by Crippen LogP contribution is 2.30. The van der Waals surface area contributed by atoms with Crippen LogP contribution in [0.5, 0.6) is 5.75 Å². The van der Waals surface area contributed by atoms with Crippen molar-refractivity contribution in [2.45, 2.75) is 18.9 Å². The van der Waals surface area contributed by atoms with Crippen LogP contribution in [0.1, 0.15) is 23.7 Å². The molecule has 0 bridgehead atoms. The van der Waals surface area contributed by atoms with Gasteiger partial charge in [0.2, 0.25) is 5.82 Å². The highest BCUT2D eigenvalue weighted by Gasteiger charge is 2.17. The quantitative estimate of drug-likeness (QED) is 0.556. The van der Waals surface area contributed by atoms with E-state index in [0.29, 0.717) is 15.4 Å². The van der Waals surface area contributed by atoms with Crippen LogP contribution in [0.3, 0.4) is 0 Å². The van der Waals surface area contributed by atoms with Gasteiger partial charge in [-0.3, -0.25) is 0 Å². The van der Waals surface area contributed by atoms with Crippen LogP contribution in [0.15, 0.2) is 22.0 Å². The predicted molar refractivity (Wildman–Crippen MR) is 74.8 cm³/mol. The van der Waals surface area contributed by atoms with Gasteiger partial charge in [0.1, 0.15) is 11.1 Å². The second-order valence-electron chi connectivity index (χ2n) is 3.77. The van der Waals surface area contributed by atoms with Crippen LogP contribution in [0, 0.1) is 11.6 Å². The van der Waals surface area contributed by atoms with Crippen molar-refractivity contribution >= 4 is 38.9 Å². The van der Waals surface area contributed by atoms with E-state index in [0.717, 1.165) is 11.8 Å². The number of rotatable bonds is 4. The molecule has 19 heavy (non-hydrogen) atoms. The number of thiazole rings is 1. The Morgan fingerprint density at radius 1 is 1.47 bits per heavy atom. The van der Waals surface area contributed by atoms with Gasteiger partial charge in [0, 0.05) is 9.85 Å². The minimum atomic E-state index is -1.01. The number of nitrogens with zero attached hydrogens (tertiary/aromatic N) is 1. The molecule has 0 aliphatic heterocycles. The highest BCUT2D eigenvalue weighted by molar-refractivity contribution is 9.10.